The third-order valence-electron chi connectivity index (χ3n) is 3.79. The molecular weight excluding hydrogens is 400 g/mol. The summed E-state index contributed by atoms with van der Waals surface area (Å²) in [6.45, 7) is 5.58. The number of alkyl halides is 4. The van der Waals surface area contributed by atoms with Gasteiger partial charge < -0.3 is 14.8 Å². The van der Waals surface area contributed by atoms with Crippen LogP contribution in [-0.2, 0) is 0 Å². The Balaban J connectivity index is 2.45. The molecule has 0 saturated carbocycles. The second-order valence-corrected chi connectivity index (χ2v) is 6.53. The second kappa shape index (κ2) is 9.39. The van der Waals surface area contributed by atoms with E-state index in [1.54, 1.807) is 20.8 Å². The molecule has 2 aromatic carbocycles. The maximum Gasteiger partial charge on any atom is 0.461 e. The van der Waals surface area contributed by atoms with Crippen molar-refractivity contribution in [3.05, 3.63) is 59.2 Å². The minimum atomic E-state index is -4.77. The fourth-order valence-electron chi connectivity index (χ4n) is 2.69. The lowest BCUT2D eigenvalue weighted by molar-refractivity contribution is -0.253. The lowest BCUT2D eigenvalue weighted by Crippen LogP contribution is -2.33. The maximum atomic E-state index is 14.0. The zero-order chi connectivity index (χ0) is 21.8. The lowest BCUT2D eigenvalue weighted by Gasteiger charge is -2.22. The summed E-state index contributed by atoms with van der Waals surface area (Å²) in [5.74, 6) is -2.34. The van der Waals surface area contributed by atoms with Crippen molar-refractivity contribution in [2.24, 2.45) is 0 Å². The molecule has 0 aromatic heterocycles. The van der Waals surface area contributed by atoms with E-state index in [2.05, 4.69) is 10.1 Å². The first kappa shape index (κ1) is 22.9. The minimum Gasteiger partial charge on any atom is -0.488 e. The van der Waals surface area contributed by atoms with Crippen LogP contribution in [0.5, 0.6) is 11.5 Å². The zero-order valence-electron chi connectivity index (χ0n) is 16.0. The van der Waals surface area contributed by atoms with Crippen LogP contribution in [0, 0.1) is 11.6 Å². The number of benzene rings is 2. The van der Waals surface area contributed by atoms with Gasteiger partial charge in [-0.25, -0.2) is 8.78 Å². The second-order valence-electron chi connectivity index (χ2n) is 6.53. The largest absolute Gasteiger partial charge is 0.488 e. The molecular formula is C20H21F6NO2. The van der Waals surface area contributed by atoms with Crippen molar-refractivity contribution < 1.29 is 35.8 Å². The van der Waals surface area contributed by atoms with E-state index in [1.165, 1.54) is 18.2 Å². The van der Waals surface area contributed by atoms with Gasteiger partial charge in [0.1, 0.15) is 11.6 Å². The van der Waals surface area contributed by atoms with E-state index in [0.29, 0.717) is 18.2 Å². The highest BCUT2D eigenvalue weighted by Gasteiger charge is 2.44. The van der Waals surface area contributed by atoms with Crippen LogP contribution in [0.15, 0.2) is 36.4 Å². The molecule has 0 aliphatic carbocycles. The molecule has 3 nitrogen and oxygen atoms in total. The van der Waals surface area contributed by atoms with Crippen molar-refractivity contribution in [3.63, 3.8) is 0 Å². The van der Waals surface area contributed by atoms with Gasteiger partial charge in [-0.3, -0.25) is 0 Å². The Morgan fingerprint density at radius 1 is 1.00 bits per heavy atom. The Bertz CT molecular complexity index is 829. The SMILES string of the molecule is CCN[C@@H](c1cc(F)cc(OC(F)(F)C(F)F)c1)c1ccc(F)c(OC(C)C)c1. The molecule has 29 heavy (non-hydrogen) atoms. The highest BCUT2D eigenvalue weighted by molar-refractivity contribution is 5.40. The van der Waals surface area contributed by atoms with Crippen LogP contribution in [0.4, 0.5) is 26.3 Å². The molecule has 0 aliphatic rings. The first-order valence-corrected chi connectivity index (χ1v) is 8.88. The standard InChI is InChI=1S/C20H21F6NO2/c1-4-27-18(12-5-6-16(22)17(9-12)28-11(2)3)13-7-14(21)10-15(8-13)29-20(25,26)19(23)24/h5-11,18-19,27H,4H2,1-3H3/t18-/m1/s1. The minimum absolute atomic E-state index is 0.0301. The van der Waals surface area contributed by atoms with Crippen LogP contribution >= 0.6 is 0 Å². The highest BCUT2D eigenvalue weighted by Crippen LogP contribution is 2.33. The van der Waals surface area contributed by atoms with Crippen LogP contribution in [0.25, 0.3) is 0 Å². The van der Waals surface area contributed by atoms with Crippen LogP contribution in [0.1, 0.15) is 37.9 Å². The third kappa shape index (κ3) is 6.03. The van der Waals surface area contributed by atoms with E-state index in [9.17, 15) is 26.3 Å². The van der Waals surface area contributed by atoms with Gasteiger partial charge in [-0.15, -0.1) is 0 Å². The monoisotopic (exact) mass is 421 g/mol. The molecule has 160 valence electrons. The molecule has 1 N–H and O–H groups in total. The summed E-state index contributed by atoms with van der Waals surface area (Å²) in [6, 6.07) is 5.90. The van der Waals surface area contributed by atoms with Crippen molar-refractivity contribution in [2.45, 2.75) is 45.5 Å². The summed E-state index contributed by atoms with van der Waals surface area (Å²) >= 11 is 0. The summed E-state index contributed by atoms with van der Waals surface area (Å²) in [7, 11) is 0. The Kier molecular flexibility index (Phi) is 7.40. The van der Waals surface area contributed by atoms with Gasteiger partial charge in [0, 0.05) is 6.07 Å². The number of hydrogen-bond donors (Lipinski definition) is 1. The Morgan fingerprint density at radius 2 is 1.69 bits per heavy atom. The number of nitrogens with one attached hydrogen (secondary N) is 1. The molecule has 9 heteroatoms. The normalized spacial score (nSPS) is 13.1. The molecule has 0 bridgehead atoms. The van der Waals surface area contributed by atoms with E-state index in [0.717, 1.165) is 12.1 Å². The van der Waals surface area contributed by atoms with Crippen molar-refractivity contribution in [1.29, 1.82) is 0 Å². The summed E-state index contributed by atoms with van der Waals surface area (Å²) in [4.78, 5) is 0. The number of halogens is 6. The zero-order valence-corrected chi connectivity index (χ0v) is 16.0. The van der Waals surface area contributed by atoms with Gasteiger partial charge in [0.25, 0.3) is 0 Å². The molecule has 0 heterocycles. The van der Waals surface area contributed by atoms with E-state index in [4.69, 9.17) is 4.74 Å². The third-order valence-corrected chi connectivity index (χ3v) is 3.79. The predicted molar refractivity (Wildman–Crippen MR) is 95.7 cm³/mol. The average molecular weight is 421 g/mol. The van der Waals surface area contributed by atoms with Gasteiger partial charge >= 0.3 is 12.5 Å². The van der Waals surface area contributed by atoms with E-state index in [1.807, 2.05) is 0 Å². The first-order valence-electron chi connectivity index (χ1n) is 8.88. The van der Waals surface area contributed by atoms with Crippen LogP contribution in [0.3, 0.4) is 0 Å². The molecule has 2 rings (SSSR count). The fourth-order valence-corrected chi connectivity index (χ4v) is 2.69. The smallest absolute Gasteiger partial charge is 0.461 e. The number of rotatable bonds is 9. The molecule has 0 amide bonds. The number of hydrogen-bond acceptors (Lipinski definition) is 3. The van der Waals surface area contributed by atoms with Crippen LogP contribution in [0.2, 0.25) is 0 Å². The molecule has 0 aliphatic heterocycles. The van der Waals surface area contributed by atoms with Crippen molar-refractivity contribution >= 4 is 0 Å². The van der Waals surface area contributed by atoms with Crippen molar-refractivity contribution in [2.75, 3.05) is 6.54 Å². The molecule has 0 saturated heterocycles. The van der Waals surface area contributed by atoms with Gasteiger partial charge in [-0.2, -0.15) is 17.6 Å². The van der Waals surface area contributed by atoms with Gasteiger partial charge in [-0.1, -0.05) is 13.0 Å². The summed E-state index contributed by atoms with van der Waals surface area (Å²) < 4.78 is 88.7. The molecule has 0 radical (unpaired) electrons. The summed E-state index contributed by atoms with van der Waals surface area (Å²) in [5.41, 5.74) is 0.593. The van der Waals surface area contributed by atoms with Crippen LogP contribution < -0.4 is 14.8 Å². The van der Waals surface area contributed by atoms with Gasteiger partial charge in [0.2, 0.25) is 0 Å². The summed E-state index contributed by atoms with van der Waals surface area (Å²) in [6.07, 6.45) is -9.15. The van der Waals surface area contributed by atoms with E-state index >= 15 is 0 Å². The first-order chi connectivity index (χ1) is 13.5. The summed E-state index contributed by atoms with van der Waals surface area (Å²) in [5, 5.41) is 3.02. The molecule has 1 atom stereocenters. The van der Waals surface area contributed by atoms with Crippen LogP contribution in [-0.4, -0.2) is 25.2 Å². The lowest BCUT2D eigenvalue weighted by atomic mass is 9.97. The quantitative estimate of drug-likeness (QED) is 0.528. The average Bonchev–Trinajstić information content (AvgIpc) is 2.60. The predicted octanol–water partition coefficient (Wildman–Crippen LogP) is 5.69. The Hall–Kier alpha value is -2.42. The van der Waals surface area contributed by atoms with Gasteiger partial charge in [-0.05, 0) is 55.8 Å². The number of ether oxygens (including phenoxy) is 2. The maximum absolute atomic E-state index is 14.0. The van der Waals surface area contributed by atoms with Crippen molar-refractivity contribution in [3.8, 4) is 11.5 Å². The molecule has 0 spiro atoms. The van der Waals surface area contributed by atoms with E-state index < -0.39 is 36.0 Å². The molecule has 2 aromatic rings. The fraction of sp³-hybridized carbons (Fsp3) is 0.400. The van der Waals surface area contributed by atoms with Crippen molar-refractivity contribution in [1.82, 2.24) is 5.32 Å². The topological polar surface area (TPSA) is 30.5 Å². The highest BCUT2D eigenvalue weighted by atomic mass is 19.3. The van der Waals surface area contributed by atoms with Gasteiger partial charge in [0.15, 0.2) is 11.6 Å². The Labute approximate surface area is 164 Å². The van der Waals surface area contributed by atoms with E-state index in [-0.39, 0.29) is 17.4 Å². The Morgan fingerprint density at radius 3 is 2.28 bits per heavy atom. The van der Waals surface area contributed by atoms with Gasteiger partial charge in [0.05, 0.1) is 12.1 Å². The molecule has 0 unspecified atom stereocenters. The molecule has 0 fully saturated rings.